The van der Waals surface area contributed by atoms with Crippen molar-refractivity contribution in [2.75, 3.05) is 50.5 Å². The van der Waals surface area contributed by atoms with Crippen LogP contribution < -0.4 is 19.5 Å². The Bertz CT molecular complexity index is 1460. The zero-order valence-electron chi connectivity index (χ0n) is 20.5. The molecular weight excluding hydrogens is 518 g/mol. The fourth-order valence-electron chi connectivity index (χ4n) is 4.34. The van der Waals surface area contributed by atoms with Gasteiger partial charge in [-0.1, -0.05) is 12.1 Å². The molecule has 2 aromatic carbocycles. The largest absolute Gasteiger partial charge is 0.484 e. The second-order valence-electron chi connectivity index (χ2n) is 9.00. The van der Waals surface area contributed by atoms with Gasteiger partial charge in [-0.05, 0) is 54.4 Å². The van der Waals surface area contributed by atoms with Crippen molar-refractivity contribution in [3.63, 3.8) is 0 Å². The summed E-state index contributed by atoms with van der Waals surface area (Å²) in [6, 6.07) is 12.6. The third-order valence-electron chi connectivity index (χ3n) is 6.08. The van der Waals surface area contributed by atoms with Gasteiger partial charge in [-0.25, -0.2) is 16.8 Å². The van der Waals surface area contributed by atoms with E-state index in [0.717, 1.165) is 34.8 Å². The number of ether oxygens (including phenoxy) is 1. The molecule has 1 aromatic heterocycles. The average Bonchev–Trinajstić information content (AvgIpc) is 3.23. The van der Waals surface area contributed by atoms with E-state index in [2.05, 4.69) is 9.88 Å². The molecule has 1 saturated heterocycles. The van der Waals surface area contributed by atoms with Gasteiger partial charge in [-0.2, -0.15) is 0 Å². The highest BCUT2D eigenvalue weighted by molar-refractivity contribution is 8.04. The van der Waals surface area contributed by atoms with Crippen molar-refractivity contribution < 1.29 is 26.4 Å². The third-order valence-corrected chi connectivity index (χ3v) is 9.02. The van der Waals surface area contributed by atoms with Gasteiger partial charge in [-0.15, -0.1) is 4.13 Å². The van der Waals surface area contributed by atoms with Crippen LogP contribution in [0.15, 0.2) is 48.7 Å². The SMILES string of the molecule is CS(=O)(=O)NS(=O)(=O)Cc1ccc(N2CCN(C(=O)COc3ccc4[nH]cc(CCN)c4c3)CC2)cc1. The normalized spacial score (nSPS) is 14.8. The number of aromatic nitrogens is 1. The van der Waals surface area contributed by atoms with Crippen LogP contribution in [0.3, 0.4) is 0 Å². The molecule has 4 rings (SSSR count). The minimum absolute atomic E-state index is 0.0488. The molecule has 0 aliphatic carbocycles. The number of H-pyrrole nitrogens is 1. The Morgan fingerprint density at radius 1 is 1.05 bits per heavy atom. The predicted molar refractivity (Wildman–Crippen MR) is 142 cm³/mol. The van der Waals surface area contributed by atoms with Crippen LogP contribution >= 0.6 is 0 Å². The number of anilines is 1. The zero-order chi connectivity index (χ0) is 26.6. The van der Waals surface area contributed by atoms with Gasteiger partial charge in [0.1, 0.15) is 5.75 Å². The molecule has 1 amide bonds. The Kier molecular flexibility index (Phi) is 8.07. The quantitative estimate of drug-likeness (QED) is 0.335. The number of carbonyl (C=O) groups excluding carboxylic acids is 1. The van der Waals surface area contributed by atoms with E-state index in [-0.39, 0.29) is 12.5 Å². The zero-order valence-corrected chi connectivity index (χ0v) is 22.1. The van der Waals surface area contributed by atoms with E-state index in [0.29, 0.717) is 44.0 Å². The Balaban J connectivity index is 1.28. The minimum Gasteiger partial charge on any atom is -0.484 e. The first kappa shape index (κ1) is 26.9. The second kappa shape index (κ2) is 11.1. The van der Waals surface area contributed by atoms with Crippen molar-refractivity contribution in [1.82, 2.24) is 14.0 Å². The summed E-state index contributed by atoms with van der Waals surface area (Å²) in [6.45, 7) is 2.82. The number of nitrogens with one attached hydrogen (secondary N) is 2. The Hall–Kier alpha value is -3.13. The molecule has 0 atom stereocenters. The van der Waals surface area contributed by atoms with Crippen molar-refractivity contribution in [3.05, 3.63) is 59.8 Å². The molecule has 1 aliphatic rings. The summed E-state index contributed by atoms with van der Waals surface area (Å²) in [4.78, 5) is 19.8. The number of rotatable bonds is 10. The van der Waals surface area contributed by atoms with E-state index < -0.39 is 25.8 Å². The molecule has 0 unspecified atom stereocenters. The fraction of sp³-hybridized carbons (Fsp3) is 0.375. The third kappa shape index (κ3) is 7.22. The summed E-state index contributed by atoms with van der Waals surface area (Å²) < 4.78 is 53.8. The van der Waals surface area contributed by atoms with Crippen LogP contribution in [0, 0.1) is 0 Å². The van der Waals surface area contributed by atoms with E-state index in [1.807, 2.05) is 24.4 Å². The number of hydrogen-bond acceptors (Lipinski definition) is 8. The number of hydrogen-bond donors (Lipinski definition) is 3. The van der Waals surface area contributed by atoms with Gasteiger partial charge >= 0.3 is 0 Å². The fourth-order valence-corrected chi connectivity index (χ4v) is 7.05. The van der Waals surface area contributed by atoms with Gasteiger partial charge in [-0.3, -0.25) is 4.79 Å². The Morgan fingerprint density at radius 2 is 1.76 bits per heavy atom. The highest BCUT2D eigenvalue weighted by Gasteiger charge is 2.22. The molecule has 200 valence electrons. The molecule has 37 heavy (non-hydrogen) atoms. The molecule has 1 aliphatic heterocycles. The monoisotopic (exact) mass is 549 g/mol. The van der Waals surface area contributed by atoms with Crippen molar-refractivity contribution in [3.8, 4) is 5.75 Å². The van der Waals surface area contributed by atoms with E-state index in [1.165, 1.54) is 0 Å². The summed E-state index contributed by atoms with van der Waals surface area (Å²) in [6.07, 6.45) is 3.50. The molecule has 2 heterocycles. The van der Waals surface area contributed by atoms with Crippen molar-refractivity contribution in [2.45, 2.75) is 12.2 Å². The van der Waals surface area contributed by atoms with Crippen LogP contribution in [-0.2, 0) is 37.0 Å². The highest BCUT2D eigenvalue weighted by Crippen LogP contribution is 2.24. The minimum atomic E-state index is -4.00. The lowest BCUT2D eigenvalue weighted by Crippen LogP contribution is -2.50. The molecule has 1 fully saturated rings. The first-order valence-corrected chi connectivity index (χ1v) is 15.3. The number of sulfonamides is 2. The van der Waals surface area contributed by atoms with Gasteiger partial charge in [0.2, 0.25) is 20.0 Å². The molecule has 0 bridgehead atoms. The average molecular weight is 550 g/mol. The molecule has 11 nitrogen and oxygen atoms in total. The molecule has 0 saturated carbocycles. The van der Waals surface area contributed by atoms with Crippen molar-refractivity contribution in [1.29, 1.82) is 0 Å². The van der Waals surface area contributed by atoms with Gasteiger partial charge < -0.3 is 25.3 Å². The molecule has 3 aromatic rings. The lowest BCUT2D eigenvalue weighted by Gasteiger charge is -2.36. The number of carbonyl (C=O) groups is 1. The van der Waals surface area contributed by atoms with Crippen LogP contribution in [-0.4, -0.2) is 78.2 Å². The van der Waals surface area contributed by atoms with Crippen LogP contribution in [0.5, 0.6) is 5.75 Å². The van der Waals surface area contributed by atoms with E-state index in [4.69, 9.17) is 10.5 Å². The Morgan fingerprint density at radius 3 is 2.41 bits per heavy atom. The number of amides is 1. The summed E-state index contributed by atoms with van der Waals surface area (Å²) in [5, 5.41) is 1.04. The van der Waals surface area contributed by atoms with Crippen molar-refractivity contribution in [2.24, 2.45) is 5.73 Å². The summed E-state index contributed by atoms with van der Waals surface area (Å²) >= 11 is 0. The number of nitrogens with two attached hydrogens (primary N) is 1. The van der Waals surface area contributed by atoms with E-state index in [1.54, 1.807) is 33.3 Å². The van der Waals surface area contributed by atoms with E-state index in [9.17, 15) is 21.6 Å². The van der Waals surface area contributed by atoms with Gasteiger partial charge in [0, 0.05) is 49.0 Å². The summed E-state index contributed by atoms with van der Waals surface area (Å²) in [7, 11) is -7.86. The maximum atomic E-state index is 12.7. The lowest BCUT2D eigenvalue weighted by atomic mass is 10.1. The number of piperazine rings is 1. The topological polar surface area (TPSA) is 155 Å². The first-order valence-electron chi connectivity index (χ1n) is 11.8. The van der Waals surface area contributed by atoms with Gasteiger partial charge in [0.15, 0.2) is 6.61 Å². The predicted octanol–water partition coefficient (Wildman–Crippen LogP) is 0.776. The van der Waals surface area contributed by atoms with Gasteiger partial charge in [0.25, 0.3) is 5.91 Å². The van der Waals surface area contributed by atoms with Crippen LogP contribution in [0.1, 0.15) is 11.1 Å². The van der Waals surface area contributed by atoms with Crippen LogP contribution in [0.2, 0.25) is 0 Å². The number of fused-ring (bicyclic) bond motifs is 1. The molecule has 13 heteroatoms. The molecule has 0 spiro atoms. The standard InChI is InChI=1S/C24H31N5O6S2/c1-36(31,32)27-37(33,34)17-18-2-4-20(5-3-18)28-10-12-29(13-11-28)24(30)16-35-21-6-7-23-22(14-21)19(8-9-25)15-26-23/h2-7,14-15,26-27H,8-13,16-17,25H2,1H3. The lowest BCUT2D eigenvalue weighted by molar-refractivity contribution is -0.133. The van der Waals surface area contributed by atoms with Crippen LogP contribution in [0.25, 0.3) is 10.9 Å². The molecule has 4 N–H and O–H groups in total. The van der Waals surface area contributed by atoms with Crippen molar-refractivity contribution >= 4 is 42.5 Å². The number of nitrogens with zero attached hydrogens (tertiary/aromatic N) is 2. The maximum absolute atomic E-state index is 12.7. The number of aromatic amines is 1. The van der Waals surface area contributed by atoms with Gasteiger partial charge in [0.05, 0.1) is 12.0 Å². The molecule has 0 radical (unpaired) electrons. The number of benzene rings is 2. The second-order valence-corrected chi connectivity index (χ2v) is 12.7. The Labute approximate surface area is 216 Å². The van der Waals surface area contributed by atoms with E-state index >= 15 is 0 Å². The first-order chi connectivity index (χ1) is 17.5. The summed E-state index contributed by atoms with van der Waals surface area (Å²) in [5.41, 5.74) is 9.17. The summed E-state index contributed by atoms with van der Waals surface area (Å²) in [5.74, 6) is 0.106. The maximum Gasteiger partial charge on any atom is 0.260 e. The van der Waals surface area contributed by atoms with Crippen LogP contribution in [0.4, 0.5) is 5.69 Å². The highest BCUT2D eigenvalue weighted by atomic mass is 32.3. The molecular formula is C24H31N5O6S2. The smallest absolute Gasteiger partial charge is 0.260 e.